The Bertz CT molecular complexity index is 1540. The molecule has 0 atom stereocenters. The largest absolute Gasteiger partial charge is 0.496 e. The van der Waals surface area contributed by atoms with Crippen molar-refractivity contribution in [3.63, 3.8) is 0 Å². The Balaban J connectivity index is 1.24. The van der Waals surface area contributed by atoms with Crippen molar-refractivity contribution in [3.8, 4) is 11.5 Å². The van der Waals surface area contributed by atoms with E-state index in [0.717, 1.165) is 20.9 Å². The zero-order valence-corrected chi connectivity index (χ0v) is 23.9. The monoisotopic (exact) mass is 607 g/mol. The third kappa shape index (κ3) is 5.53. The van der Waals surface area contributed by atoms with E-state index >= 15 is 0 Å². The number of hydrogen-bond acceptors (Lipinski definition) is 5. The van der Waals surface area contributed by atoms with Crippen LogP contribution in [0.1, 0.15) is 20.7 Å². The van der Waals surface area contributed by atoms with Gasteiger partial charge in [0.2, 0.25) is 0 Å². The summed E-state index contributed by atoms with van der Waals surface area (Å²) in [4.78, 5) is 30.3. The second kappa shape index (κ2) is 11.6. The lowest BCUT2D eigenvalue weighted by Crippen LogP contribution is -2.48. The van der Waals surface area contributed by atoms with Gasteiger partial charge in [-0.25, -0.2) is 0 Å². The van der Waals surface area contributed by atoms with Crippen molar-refractivity contribution in [1.29, 1.82) is 0 Å². The Morgan fingerprint density at radius 1 is 0.872 bits per heavy atom. The highest BCUT2D eigenvalue weighted by Crippen LogP contribution is 2.37. The molecule has 7 nitrogen and oxygen atoms in total. The maximum atomic E-state index is 13.2. The molecule has 9 heteroatoms. The molecule has 0 saturated carbocycles. The number of nitrogens with one attached hydrogen (secondary N) is 1. The number of nitrogens with zero attached hydrogens (tertiary/aromatic N) is 2. The van der Waals surface area contributed by atoms with E-state index in [-0.39, 0.29) is 11.8 Å². The van der Waals surface area contributed by atoms with Crippen molar-refractivity contribution in [2.75, 3.05) is 50.6 Å². The van der Waals surface area contributed by atoms with Crippen molar-refractivity contribution in [3.05, 3.63) is 93.4 Å². The van der Waals surface area contributed by atoms with Gasteiger partial charge in [0.25, 0.3) is 11.8 Å². The molecule has 4 aromatic rings. The maximum Gasteiger partial charge on any atom is 0.259 e. The Hall–Kier alpha value is -3.75. The van der Waals surface area contributed by atoms with Gasteiger partial charge in [0.05, 0.1) is 29.8 Å². The normalized spacial score (nSPS) is 13.3. The number of benzene rings is 4. The minimum Gasteiger partial charge on any atom is -0.496 e. The van der Waals surface area contributed by atoms with E-state index in [1.807, 2.05) is 59.5 Å². The van der Waals surface area contributed by atoms with E-state index in [0.29, 0.717) is 59.5 Å². The maximum absolute atomic E-state index is 13.2. The van der Waals surface area contributed by atoms with E-state index in [1.54, 1.807) is 32.4 Å². The minimum atomic E-state index is -0.255. The molecule has 0 bridgehead atoms. The average molecular weight is 609 g/mol. The number of ether oxygens (including phenoxy) is 2. The van der Waals surface area contributed by atoms with Gasteiger partial charge in [0.15, 0.2) is 0 Å². The van der Waals surface area contributed by atoms with E-state index in [2.05, 4.69) is 26.1 Å². The smallest absolute Gasteiger partial charge is 0.259 e. The van der Waals surface area contributed by atoms with Gasteiger partial charge >= 0.3 is 0 Å². The van der Waals surface area contributed by atoms with Gasteiger partial charge in [0, 0.05) is 42.6 Å². The topological polar surface area (TPSA) is 71.1 Å². The summed E-state index contributed by atoms with van der Waals surface area (Å²) in [6.07, 6.45) is 0. The SMILES string of the molecule is COc1ccc(Cl)cc1C(=O)N1CCN(c2ccc(NC(=O)c3cc4ccccc4c(Br)c3OC)cc2)CC1. The number of carbonyl (C=O) groups excluding carboxylic acids is 2. The second-order valence-corrected chi connectivity index (χ2v) is 10.3. The number of anilines is 2. The number of hydrogen-bond donors (Lipinski definition) is 1. The fourth-order valence-corrected chi connectivity index (χ4v) is 5.70. The summed E-state index contributed by atoms with van der Waals surface area (Å²) in [5.41, 5.74) is 2.61. The number of amides is 2. The fraction of sp³-hybridized carbons (Fsp3) is 0.200. The summed E-state index contributed by atoms with van der Waals surface area (Å²) >= 11 is 9.70. The molecule has 1 heterocycles. The van der Waals surface area contributed by atoms with Gasteiger partial charge in [-0.15, -0.1) is 0 Å². The van der Waals surface area contributed by atoms with Gasteiger partial charge in [-0.3, -0.25) is 9.59 Å². The average Bonchev–Trinajstić information content (AvgIpc) is 2.97. The first kappa shape index (κ1) is 26.8. The zero-order chi connectivity index (χ0) is 27.5. The second-order valence-electron chi connectivity index (χ2n) is 9.12. The molecular formula is C30H27BrClN3O4. The first-order valence-electron chi connectivity index (χ1n) is 12.4. The molecular weight excluding hydrogens is 582 g/mol. The molecule has 2 amide bonds. The van der Waals surface area contributed by atoms with Crippen molar-refractivity contribution in [1.82, 2.24) is 4.90 Å². The summed E-state index contributed by atoms with van der Waals surface area (Å²) in [5.74, 6) is 0.654. The first-order valence-corrected chi connectivity index (χ1v) is 13.6. The van der Waals surface area contributed by atoms with Crippen LogP contribution in [0.15, 0.2) is 77.3 Å². The van der Waals surface area contributed by atoms with Crippen LogP contribution in [0.2, 0.25) is 5.02 Å². The summed E-state index contributed by atoms with van der Waals surface area (Å²) < 4.78 is 11.7. The third-order valence-electron chi connectivity index (χ3n) is 6.84. The van der Waals surface area contributed by atoms with E-state index < -0.39 is 0 Å². The molecule has 0 aromatic heterocycles. The highest BCUT2D eigenvalue weighted by atomic mass is 79.9. The third-order valence-corrected chi connectivity index (χ3v) is 7.86. The number of piperazine rings is 1. The predicted octanol–water partition coefficient (Wildman–Crippen LogP) is 6.49. The molecule has 1 saturated heterocycles. The van der Waals surface area contributed by atoms with Crippen molar-refractivity contribution >= 4 is 61.5 Å². The minimum absolute atomic E-state index is 0.0946. The van der Waals surface area contributed by atoms with Gasteiger partial charge in [-0.05, 0) is 75.2 Å². The van der Waals surface area contributed by atoms with Crippen LogP contribution in [0.4, 0.5) is 11.4 Å². The molecule has 0 aliphatic carbocycles. The molecule has 1 aliphatic rings. The Morgan fingerprint density at radius 3 is 2.28 bits per heavy atom. The van der Waals surface area contributed by atoms with Crippen molar-refractivity contribution < 1.29 is 19.1 Å². The number of rotatable bonds is 6. The molecule has 4 aromatic carbocycles. The van der Waals surface area contributed by atoms with Crippen LogP contribution in [-0.4, -0.2) is 57.1 Å². The van der Waals surface area contributed by atoms with Crippen molar-refractivity contribution in [2.45, 2.75) is 0 Å². The van der Waals surface area contributed by atoms with E-state index in [1.165, 1.54) is 0 Å². The molecule has 1 N–H and O–H groups in total. The molecule has 0 spiro atoms. The lowest BCUT2D eigenvalue weighted by Gasteiger charge is -2.36. The van der Waals surface area contributed by atoms with Gasteiger partial charge in [0.1, 0.15) is 11.5 Å². The van der Waals surface area contributed by atoms with E-state index in [9.17, 15) is 9.59 Å². The van der Waals surface area contributed by atoms with Gasteiger partial charge in [-0.1, -0.05) is 35.9 Å². The Kier molecular flexibility index (Phi) is 7.95. The highest BCUT2D eigenvalue weighted by Gasteiger charge is 2.25. The molecule has 1 aliphatic heterocycles. The van der Waals surface area contributed by atoms with Gasteiger partial charge in [-0.2, -0.15) is 0 Å². The van der Waals surface area contributed by atoms with Crippen LogP contribution in [0.3, 0.4) is 0 Å². The summed E-state index contributed by atoms with van der Waals surface area (Å²) in [7, 11) is 3.10. The van der Waals surface area contributed by atoms with Crippen LogP contribution < -0.4 is 19.7 Å². The van der Waals surface area contributed by atoms with Crippen LogP contribution in [0, 0.1) is 0 Å². The summed E-state index contributed by atoms with van der Waals surface area (Å²) in [6, 6.07) is 22.4. The molecule has 39 heavy (non-hydrogen) atoms. The van der Waals surface area contributed by atoms with Gasteiger partial charge < -0.3 is 24.6 Å². The quantitative estimate of drug-likeness (QED) is 0.271. The van der Waals surface area contributed by atoms with Crippen LogP contribution in [0.5, 0.6) is 11.5 Å². The lowest BCUT2D eigenvalue weighted by molar-refractivity contribution is 0.0743. The first-order chi connectivity index (χ1) is 18.9. The van der Waals surface area contributed by atoms with E-state index in [4.69, 9.17) is 21.1 Å². The van der Waals surface area contributed by atoms with Crippen LogP contribution in [0.25, 0.3) is 10.8 Å². The fourth-order valence-electron chi connectivity index (χ4n) is 4.79. The lowest BCUT2D eigenvalue weighted by atomic mass is 10.0. The summed E-state index contributed by atoms with van der Waals surface area (Å²) in [5, 5.41) is 5.39. The molecule has 5 rings (SSSR count). The number of fused-ring (bicyclic) bond motifs is 1. The highest BCUT2D eigenvalue weighted by molar-refractivity contribution is 9.10. The Labute approximate surface area is 240 Å². The standard InChI is InChI=1S/C30H27BrClN3O4/c1-38-26-12-7-20(32)18-24(26)30(37)35-15-13-34(14-16-35)22-10-8-21(9-11-22)33-29(36)25-17-19-5-3-4-6-23(19)27(31)28(25)39-2/h3-12,17-18H,13-16H2,1-2H3,(H,33,36). The molecule has 0 unspecified atom stereocenters. The van der Waals surface area contributed by atoms with Crippen LogP contribution >= 0.6 is 27.5 Å². The molecule has 200 valence electrons. The number of methoxy groups -OCH3 is 2. The number of halogens is 2. The molecule has 1 fully saturated rings. The summed E-state index contributed by atoms with van der Waals surface area (Å²) in [6.45, 7) is 2.51. The predicted molar refractivity (Wildman–Crippen MR) is 159 cm³/mol. The number of carbonyl (C=O) groups is 2. The zero-order valence-electron chi connectivity index (χ0n) is 21.5. The van der Waals surface area contributed by atoms with Crippen LogP contribution in [-0.2, 0) is 0 Å². The van der Waals surface area contributed by atoms with Crippen molar-refractivity contribution in [2.24, 2.45) is 0 Å². The Morgan fingerprint density at radius 2 is 1.59 bits per heavy atom. The molecule has 0 radical (unpaired) electrons.